The van der Waals surface area contributed by atoms with Gasteiger partial charge in [-0.1, -0.05) is 24.6 Å². The average Bonchev–Trinajstić information content (AvgIpc) is 3.18. The van der Waals surface area contributed by atoms with Crippen LogP contribution in [0.3, 0.4) is 0 Å². The highest BCUT2D eigenvalue weighted by Gasteiger charge is 2.68. The summed E-state index contributed by atoms with van der Waals surface area (Å²) in [5.74, 6) is -0.785. The van der Waals surface area contributed by atoms with E-state index in [0.29, 0.717) is 19.3 Å². The second-order valence-corrected chi connectivity index (χ2v) is 12.1. The zero-order valence-electron chi connectivity index (χ0n) is 23.7. The van der Waals surface area contributed by atoms with E-state index in [1.807, 2.05) is 20.2 Å². The lowest BCUT2D eigenvalue weighted by Crippen LogP contribution is -2.58. The number of carbonyl (C=O) groups excluding carboxylic acids is 4. The van der Waals surface area contributed by atoms with E-state index in [0.717, 1.165) is 31.4 Å². The molecular formula is C32H39NO6. The fraction of sp³-hybridized carbons (Fsp3) is 0.562. The Kier molecular flexibility index (Phi) is 7.06. The number of Topliss-reactive ketones (excluding diaryl/α,β-unsaturated/α-hetero) is 1. The monoisotopic (exact) mass is 533 g/mol. The quantitative estimate of drug-likeness (QED) is 0.471. The number of ketones is 2. The minimum atomic E-state index is -1.35. The number of hydrogen-bond acceptors (Lipinski definition) is 7. The minimum absolute atomic E-state index is 0.0222. The Hall–Kier alpha value is -3.22. The van der Waals surface area contributed by atoms with Crippen molar-refractivity contribution in [1.82, 2.24) is 0 Å². The first-order valence-electron chi connectivity index (χ1n) is 14.1. The third-order valence-corrected chi connectivity index (χ3v) is 9.84. The number of hydrogen-bond donors (Lipinski definition) is 0. The third kappa shape index (κ3) is 4.53. The van der Waals surface area contributed by atoms with Gasteiger partial charge in [0.25, 0.3) is 0 Å². The van der Waals surface area contributed by atoms with Gasteiger partial charge in [0.05, 0.1) is 0 Å². The van der Waals surface area contributed by atoms with Crippen LogP contribution in [0.4, 0.5) is 5.69 Å². The molecule has 208 valence electrons. The van der Waals surface area contributed by atoms with Crippen LogP contribution in [-0.2, 0) is 28.7 Å². The summed E-state index contributed by atoms with van der Waals surface area (Å²) in [5.41, 5.74) is 4.19. The predicted molar refractivity (Wildman–Crippen MR) is 147 cm³/mol. The summed E-state index contributed by atoms with van der Waals surface area (Å²) < 4.78 is 11.2. The van der Waals surface area contributed by atoms with Crippen LogP contribution in [0.25, 0.3) is 0 Å². The molecule has 3 unspecified atom stereocenters. The van der Waals surface area contributed by atoms with Crippen LogP contribution in [0.2, 0.25) is 0 Å². The molecule has 7 heteroatoms. The predicted octanol–water partition coefficient (Wildman–Crippen LogP) is 5.09. The van der Waals surface area contributed by atoms with Crippen LogP contribution in [0.5, 0.6) is 0 Å². The first-order chi connectivity index (χ1) is 18.5. The van der Waals surface area contributed by atoms with Crippen LogP contribution in [0.15, 0.2) is 47.1 Å². The highest BCUT2D eigenvalue weighted by atomic mass is 16.6. The van der Waals surface area contributed by atoms with E-state index in [4.69, 9.17) is 9.47 Å². The normalized spacial score (nSPS) is 31.5. The fourth-order valence-corrected chi connectivity index (χ4v) is 8.16. The van der Waals surface area contributed by atoms with Gasteiger partial charge in [-0.3, -0.25) is 19.2 Å². The minimum Gasteiger partial charge on any atom is -0.458 e. The van der Waals surface area contributed by atoms with Crippen LogP contribution < -0.4 is 4.90 Å². The molecule has 2 fully saturated rings. The molecule has 0 saturated heterocycles. The van der Waals surface area contributed by atoms with E-state index in [-0.39, 0.29) is 29.3 Å². The Morgan fingerprint density at radius 1 is 1.00 bits per heavy atom. The third-order valence-electron chi connectivity index (χ3n) is 9.84. The molecule has 7 nitrogen and oxygen atoms in total. The number of carbonyl (C=O) groups is 4. The molecule has 4 aliphatic rings. The van der Waals surface area contributed by atoms with Gasteiger partial charge < -0.3 is 14.4 Å². The lowest BCUT2D eigenvalue weighted by Gasteiger charge is -2.55. The number of anilines is 1. The zero-order chi connectivity index (χ0) is 28.1. The second-order valence-electron chi connectivity index (χ2n) is 12.1. The number of allylic oxidation sites excluding steroid dienone is 4. The maximum Gasteiger partial charge on any atom is 0.303 e. The summed E-state index contributed by atoms with van der Waals surface area (Å²) >= 11 is 0. The van der Waals surface area contributed by atoms with E-state index < -0.39 is 29.6 Å². The summed E-state index contributed by atoms with van der Waals surface area (Å²) in [6.45, 7) is 4.33. The summed E-state index contributed by atoms with van der Waals surface area (Å²) in [7, 11) is 4.03. The van der Waals surface area contributed by atoms with Gasteiger partial charge >= 0.3 is 11.9 Å². The molecule has 0 aromatic heterocycles. The molecule has 39 heavy (non-hydrogen) atoms. The lowest BCUT2D eigenvalue weighted by molar-refractivity contribution is -0.186. The van der Waals surface area contributed by atoms with E-state index in [1.54, 1.807) is 0 Å². The second kappa shape index (κ2) is 10.1. The first-order valence-corrected chi connectivity index (χ1v) is 14.1. The molecule has 1 aromatic rings. The SMILES string of the molecule is CC(=O)OCC(=O)[C@]1(OC(C)=O)CCC2C3CCC4=CC(=O)CCC4=C3C(c3ccc(N(C)C)cc3)C[C@@]21C. The van der Waals surface area contributed by atoms with Gasteiger partial charge in [-0.2, -0.15) is 0 Å². The Balaban J connectivity index is 1.66. The first kappa shape index (κ1) is 27.4. The van der Waals surface area contributed by atoms with Crippen molar-refractivity contribution in [1.29, 1.82) is 0 Å². The van der Waals surface area contributed by atoms with Gasteiger partial charge in [-0.05, 0) is 85.3 Å². The van der Waals surface area contributed by atoms with Crippen molar-refractivity contribution in [2.45, 2.75) is 77.2 Å². The van der Waals surface area contributed by atoms with Gasteiger partial charge in [0.1, 0.15) is 0 Å². The highest BCUT2D eigenvalue weighted by Crippen LogP contribution is 2.67. The average molecular weight is 534 g/mol. The topological polar surface area (TPSA) is 90.0 Å². The van der Waals surface area contributed by atoms with E-state index >= 15 is 0 Å². The summed E-state index contributed by atoms with van der Waals surface area (Å²) in [5, 5.41) is 0. The van der Waals surface area contributed by atoms with Gasteiger partial charge in [0.15, 0.2) is 18.0 Å². The molecule has 5 atom stereocenters. The smallest absolute Gasteiger partial charge is 0.303 e. The van der Waals surface area contributed by atoms with E-state index in [9.17, 15) is 19.2 Å². The van der Waals surface area contributed by atoms with E-state index in [1.165, 1.54) is 36.1 Å². The Morgan fingerprint density at radius 2 is 1.72 bits per heavy atom. The molecule has 5 rings (SSSR count). The molecule has 0 amide bonds. The zero-order valence-corrected chi connectivity index (χ0v) is 23.7. The summed E-state index contributed by atoms with van der Waals surface area (Å²) in [6, 6.07) is 8.58. The van der Waals surface area contributed by atoms with Gasteiger partial charge in [-0.25, -0.2) is 0 Å². The molecule has 0 aliphatic heterocycles. The molecule has 4 aliphatic carbocycles. The molecular weight excluding hydrogens is 494 g/mol. The van der Waals surface area contributed by atoms with Crippen molar-refractivity contribution >= 4 is 29.2 Å². The van der Waals surface area contributed by atoms with Gasteiger partial charge in [0.2, 0.25) is 5.78 Å². The summed E-state index contributed by atoms with van der Waals surface area (Å²) in [6.07, 6.45) is 6.68. The van der Waals surface area contributed by atoms with Crippen molar-refractivity contribution in [3.05, 3.63) is 52.6 Å². The Labute approximate surface area is 230 Å². The fourth-order valence-electron chi connectivity index (χ4n) is 8.16. The van der Waals surface area contributed by atoms with Gasteiger partial charge in [0, 0.05) is 51.4 Å². The maximum absolute atomic E-state index is 13.8. The number of benzene rings is 1. The number of fused-ring (bicyclic) bond motifs is 4. The Bertz CT molecular complexity index is 1270. The van der Waals surface area contributed by atoms with Crippen LogP contribution in [-0.4, -0.2) is 49.8 Å². The van der Waals surface area contributed by atoms with E-state index in [2.05, 4.69) is 36.1 Å². The Morgan fingerprint density at radius 3 is 2.36 bits per heavy atom. The number of ether oxygens (including phenoxy) is 2. The van der Waals surface area contributed by atoms with Crippen LogP contribution in [0, 0.1) is 17.3 Å². The number of esters is 2. The molecule has 0 bridgehead atoms. The molecule has 1 aromatic carbocycles. The molecule has 0 heterocycles. The van der Waals surface area contributed by atoms with Crippen LogP contribution >= 0.6 is 0 Å². The number of nitrogens with zero attached hydrogens (tertiary/aromatic N) is 1. The molecule has 2 saturated carbocycles. The molecule has 0 spiro atoms. The maximum atomic E-state index is 13.8. The summed E-state index contributed by atoms with van der Waals surface area (Å²) in [4.78, 5) is 52.3. The largest absolute Gasteiger partial charge is 0.458 e. The van der Waals surface area contributed by atoms with Crippen molar-refractivity contribution in [3.8, 4) is 0 Å². The van der Waals surface area contributed by atoms with Crippen molar-refractivity contribution < 1.29 is 28.7 Å². The molecule has 0 radical (unpaired) electrons. The highest BCUT2D eigenvalue weighted by molar-refractivity contribution is 5.94. The van der Waals surface area contributed by atoms with Crippen molar-refractivity contribution in [3.63, 3.8) is 0 Å². The van der Waals surface area contributed by atoms with Gasteiger partial charge in [-0.15, -0.1) is 0 Å². The number of rotatable bonds is 6. The standard InChI is InChI=1S/C32H39NO6/c1-19(34)38-18-29(37)32(39-20(2)35)15-14-28-26-12-8-22-16-24(36)11-13-25(22)30(26)27(17-31(28,32)3)21-6-9-23(10-7-21)33(4)5/h6-7,9-10,16,26-28H,8,11-15,17-18H2,1-5H3/t26?,27?,28?,31-,32+/m0/s1. The van der Waals surface area contributed by atoms with Crippen molar-refractivity contribution in [2.75, 3.05) is 25.6 Å². The molecule has 0 N–H and O–H groups in total. The lowest BCUT2D eigenvalue weighted by atomic mass is 9.50. The van der Waals surface area contributed by atoms with Crippen LogP contribution in [0.1, 0.15) is 77.2 Å². The van der Waals surface area contributed by atoms with Crippen molar-refractivity contribution in [2.24, 2.45) is 17.3 Å².